The van der Waals surface area contributed by atoms with Gasteiger partial charge in [0.2, 0.25) is 0 Å². The molecule has 1 heterocycles. The smallest absolute Gasteiger partial charge is 0.118 e. The molecule has 0 aliphatic heterocycles. The van der Waals surface area contributed by atoms with E-state index in [4.69, 9.17) is 0 Å². The fourth-order valence-electron chi connectivity index (χ4n) is 2.21. The number of phenols is 1. The Morgan fingerprint density at radius 1 is 0.800 bits per heavy atom. The van der Waals surface area contributed by atoms with E-state index in [0.29, 0.717) is 5.75 Å². The lowest BCUT2D eigenvalue weighted by Crippen LogP contribution is -1.86. The van der Waals surface area contributed by atoms with Crippen LogP contribution in [0, 0.1) is 6.92 Å². The van der Waals surface area contributed by atoms with Crippen molar-refractivity contribution < 1.29 is 5.11 Å². The summed E-state index contributed by atoms with van der Waals surface area (Å²) < 4.78 is 0. The first-order chi connectivity index (χ1) is 9.74. The summed E-state index contributed by atoms with van der Waals surface area (Å²) in [6.07, 6.45) is 1.82. The summed E-state index contributed by atoms with van der Waals surface area (Å²) in [5, 5.41) is 9.60. The van der Waals surface area contributed by atoms with Gasteiger partial charge in [-0.2, -0.15) is 0 Å². The van der Waals surface area contributed by atoms with Gasteiger partial charge in [-0.25, -0.2) is 0 Å². The lowest BCUT2D eigenvalue weighted by molar-refractivity contribution is 0.471. The van der Waals surface area contributed by atoms with Crippen LogP contribution >= 0.6 is 0 Å². The van der Waals surface area contributed by atoms with Crippen LogP contribution in [-0.4, -0.2) is 10.1 Å². The van der Waals surface area contributed by atoms with Gasteiger partial charge >= 0.3 is 0 Å². The minimum Gasteiger partial charge on any atom is -0.508 e. The van der Waals surface area contributed by atoms with Crippen LogP contribution in [0.5, 0.6) is 5.75 Å². The van der Waals surface area contributed by atoms with Gasteiger partial charge in [0.1, 0.15) is 5.75 Å². The topological polar surface area (TPSA) is 33.1 Å². The van der Waals surface area contributed by atoms with Crippen LogP contribution in [0.25, 0.3) is 22.4 Å². The van der Waals surface area contributed by atoms with Gasteiger partial charge in [0.05, 0.1) is 5.69 Å². The average molecular weight is 261 g/mol. The zero-order valence-electron chi connectivity index (χ0n) is 11.2. The molecule has 2 heteroatoms. The van der Waals surface area contributed by atoms with Gasteiger partial charge in [-0.05, 0) is 53.9 Å². The fraction of sp³-hybridized carbons (Fsp3) is 0.0556. The third-order valence-corrected chi connectivity index (χ3v) is 3.36. The van der Waals surface area contributed by atoms with E-state index in [9.17, 15) is 5.11 Å². The molecule has 2 nitrogen and oxygen atoms in total. The number of aryl methyl sites for hydroxylation is 1. The molecule has 0 aliphatic rings. The van der Waals surface area contributed by atoms with E-state index >= 15 is 0 Å². The van der Waals surface area contributed by atoms with Crippen LogP contribution in [0.4, 0.5) is 0 Å². The Labute approximate surface area is 118 Å². The van der Waals surface area contributed by atoms with Gasteiger partial charge in [-0.1, -0.05) is 30.3 Å². The van der Waals surface area contributed by atoms with Crippen molar-refractivity contribution >= 4 is 0 Å². The molecule has 0 saturated heterocycles. The van der Waals surface area contributed by atoms with E-state index in [1.165, 1.54) is 5.56 Å². The maximum Gasteiger partial charge on any atom is 0.118 e. The van der Waals surface area contributed by atoms with E-state index in [0.717, 1.165) is 22.4 Å². The van der Waals surface area contributed by atoms with Crippen molar-refractivity contribution in [2.75, 3.05) is 0 Å². The predicted molar refractivity (Wildman–Crippen MR) is 81.5 cm³/mol. The minimum atomic E-state index is 0.313. The number of nitrogens with zero attached hydrogens (tertiary/aromatic N) is 1. The van der Waals surface area contributed by atoms with Crippen LogP contribution < -0.4 is 0 Å². The number of hydrogen-bond donors (Lipinski definition) is 1. The first kappa shape index (κ1) is 12.4. The maximum absolute atomic E-state index is 9.60. The lowest BCUT2D eigenvalue weighted by atomic mass is 10.0. The molecule has 0 fully saturated rings. The van der Waals surface area contributed by atoms with E-state index < -0.39 is 0 Å². The Kier molecular flexibility index (Phi) is 3.21. The molecule has 0 amide bonds. The number of phenolic OH excluding ortho intramolecular Hbond substituents is 1. The highest BCUT2D eigenvalue weighted by Crippen LogP contribution is 2.27. The molecule has 0 unspecified atom stereocenters. The van der Waals surface area contributed by atoms with E-state index in [2.05, 4.69) is 23.2 Å². The summed E-state index contributed by atoms with van der Waals surface area (Å²) in [5.41, 5.74) is 5.09. The van der Waals surface area contributed by atoms with Gasteiger partial charge in [-0.15, -0.1) is 0 Å². The van der Waals surface area contributed by atoms with E-state index in [1.54, 1.807) is 6.07 Å². The fourth-order valence-corrected chi connectivity index (χ4v) is 2.21. The maximum atomic E-state index is 9.60. The van der Waals surface area contributed by atoms with Crippen molar-refractivity contribution in [1.82, 2.24) is 4.98 Å². The summed E-state index contributed by atoms with van der Waals surface area (Å²) in [4.78, 5) is 4.42. The van der Waals surface area contributed by atoms with Crippen molar-refractivity contribution in [3.05, 3.63) is 72.4 Å². The molecular weight excluding hydrogens is 246 g/mol. The molecule has 0 radical (unpaired) electrons. The third kappa shape index (κ3) is 2.41. The van der Waals surface area contributed by atoms with E-state index in [-0.39, 0.29) is 0 Å². The summed E-state index contributed by atoms with van der Waals surface area (Å²) in [6.45, 7) is 1.89. The molecule has 2 aromatic carbocycles. The van der Waals surface area contributed by atoms with Crippen molar-refractivity contribution in [1.29, 1.82) is 0 Å². The van der Waals surface area contributed by atoms with Gasteiger partial charge < -0.3 is 5.11 Å². The molecule has 98 valence electrons. The van der Waals surface area contributed by atoms with Crippen molar-refractivity contribution in [2.45, 2.75) is 6.92 Å². The molecule has 1 N–H and O–H groups in total. The van der Waals surface area contributed by atoms with Crippen LogP contribution in [-0.2, 0) is 0 Å². The van der Waals surface area contributed by atoms with Crippen LogP contribution in [0.15, 0.2) is 66.9 Å². The normalized spacial score (nSPS) is 10.4. The largest absolute Gasteiger partial charge is 0.508 e. The average Bonchev–Trinajstić information content (AvgIpc) is 2.51. The SMILES string of the molecule is Cc1cc(-c2cc(-c3ccccc3)ccn2)ccc1O. The number of pyridine rings is 1. The zero-order valence-corrected chi connectivity index (χ0v) is 11.2. The first-order valence-corrected chi connectivity index (χ1v) is 6.55. The molecule has 1 aromatic heterocycles. The number of benzene rings is 2. The second-order valence-corrected chi connectivity index (χ2v) is 4.80. The summed E-state index contributed by atoms with van der Waals surface area (Å²) in [5.74, 6) is 0.313. The number of rotatable bonds is 2. The standard InChI is InChI=1S/C18H15NO/c1-13-11-16(7-8-18(13)20)17-12-15(9-10-19-17)14-5-3-2-4-6-14/h2-12,20H,1H3. The van der Waals surface area contributed by atoms with Crippen LogP contribution in [0.2, 0.25) is 0 Å². The Bertz CT molecular complexity index is 735. The highest BCUT2D eigenvalue weighted by atomic mass is 16.3. The lowest BCUT2D eigenvalue weighted by Gasteiger charge is -2.06. The van der Waals surface area contributed by atoms with Crippen molar-refractivity contribution in [2.24, 2.45) is 0 Å². The molecule has 3 rings (SSSR count). The summed E-state index contributed by atoms with van der Waals surface area (Å²) >= 11 is 0. The molecule has 0 atom stereocenters. The van der Waals surface area contributed by atoms with Gasteiger partial charge in [0.15, 0.2) is 0 Å². The van der Waals surface area contributed by atoms with E-state index in [1.807, 2.05) is 49.5 Å². The molecule has 0 saturated carbocycles. The molecule has 3 aromatic rings. The Morgan fingerprint density at radius 2 is 1.60 bits per heavy atom. The molecule has 0 aliphatic carbocycles. The van der Waals surface area contributed by atoms with Gasteiger partial charge in [0, 0.05) is 11.8 Å². The third-order valence-electron chi connectivity index (χ3n) is 3.36. The van der Waals surface area contributed by atoms with Gasteiger partial charge in [-0.3, -0.25) is 4.98 Å². The Balaban J connectivity index is 2.05. The molecule has 20 heavy (non-hydrogen) atoms. The minimum absolute atomic E-state index is 0.313. The second kappa shape index (κ2) is 5.17. The number of aromatic hydroxyl groups is 1. The number of aromatic nitrogens is 1. The molecule has 0 spiro atoms. The highest BCUT2D eigenvalue weighted by molar-refractivity contribution is 5.70. The van der Waals surface area contributed by atoms with Crippen LogP contribution in [0.1, 0.15) is 5.56 Å². The zero-order chi connectivity index (χ0) is 13.9. The van der Waals surface area contributed by atoms with Crippen molar-refractivity contribution in [3.8, 4) is 28.1 Å². The van der Waals surface area contributed by atoms with Crippen molar-refractivity contribution in [3.63, 3.8) is 0 Å². The Morgan fingerprint density at radius 3 is 2.35 bits per heavy atom. The van der Waals surface area contributed by atoms with Crippen LogP contribution in [0.3, 0.4) is 0 Å². The predicted octanol–water partition coefficient (Wildman–Crippen LogP) is 4.43. The summed E-state index contributed by atoms with van der Waals surface area (Å²) in [6, 6.07) is 19.9. The molecular formula is C18H15NO. The first-order valence-electron chi connectivity index (χ1n) is 6.55. The monoisotopic (exact) mass is 261 g/mol. The van der Waals surface area contributed by atoms with Gasteiger partial charge in [0.25, 0.3) is 0 Å². The number of hydrogen-bond acceptors (Lipinski definition) is 2. The highest BCUT2D eigenvalue weighted by Gasteiger charge is 2.04. The quantitative estimate of drug-likeness (QED) is 0.740. The Hall–Kier alpha value is -2.61. The summed E-state index contributed by atoms with van der Waals surface area (Å²) in [7, 11) is 0. The second-order valence-electron chi connectivity index (χ2n) is 4.80. The molecule has 0 bridgehead atoms.